The fraction of sp³-hybridized carbons (Fsp3) is 0.652. The van der Waals surface area contributed by atoms with E-state index in [1.807, 2.05) is 12.1 Å². The number of carbonyl (C=O) groups is 2. The zero-order chi connectivity index (χ0) is 20.2. The summed E-state index contributed by atoms with van der Waals surface area (Å²) in [6, 6.07) is 7.48. The average Bonchev–Trinajstić information content (AvgIpc) is 2.56. The first kappa shape index (κ1) is 19.4. The minimum absolute atomic E-state index is 0.0329. The van der Waals surface area contributed by atoms with Crippen LogP contribution >= 0.6 is 0 Å². The Morgan fingerprint density at radius 1 is 1.04 bits per heavy atom. The van der Waals surface area contributed by atoms with Gasteiger partial charge in [-0.1, -0.05) is 32.9 Å². The summed E-state index contributed by atoms with van der Waals surface area (Å²) in [5.74, 6) is 0.633. The molecule has 28 heavy (non-hydrogen) atoms. The molecule has 4 aliphatic rings. The van der Waals surface area contributed by atoms with Crippen LogP contribution in [0.25, 0.3) is 0 Å². The highest BCUT2D eigenvalue weighted by atomic mass is 16.3. The molecule has 0 heterocycles. The van der Waals surface area contributed by atoms with Crippen LogP contribution in [0.3, 0.4) is 0 Å². The third-order valence-electron chi connectivity index (χ3n) is 7.02. The van der Waals surface area contributed by atoms with E-state index in [2.05, 4.69) is 31.6 Å². The Labute approximate surface area is 167 Å². The second-order valence-electron chi connectivity index (χ2n) is 10.7. The summed E-state index contributed by atoms with van der Waals surface area (Å²) in [5.41, 5.74) is 6.20. The first-order valence-electron chi connectivity index (χ1n) is 10.5. The van der Waals surface area contributed by atoms with Gasteiger partial charge in [0.1, 0.15) is 0 Å². The second-order valence-corrected chi connectivity index (χ2v) is 10.7. The molecule has 0 radical (unpaired) electrons. The predicted molar refractivity (Wildman–Crippen MR) is 107 cm³/mol. The molecule has 4 atom stereocenters. The third-order valence-corrected chi connectivity index (χ3v) is 7.02. The Balaban J connectivity index is 1.33. The molecular weight excluding hydrogens is 352 g/mol. The molecule has 0 saturated heterocycles. The molecule has 1 aromatic carbocycles. The molecule has 4 fully saturated rings. The maximum atomic E-state index is 12.5. The Morgan fingerprint density at radius 2 is 1.64 bits per heavy atom. The van der Waals surface area contributed by atoms with Gasteiger partial charge in [0.15, 0.2) is 0 Å². The number of hydrogen-bond donors (Lipinski definition) is 3. The minimum atomic E-state index is -0.567. The van der Waals surface area contributed by atoms with Crippen molar-refractivity contribution in [2.24, 2.45) is 17.3 Å². The van der Waals surface area contributed by atoms with Crippen molar-refractivity contribution < 1.29 is 14.7 Å². The first-order chi connectivity index (χ1) is 13.1. The maximum Gasteiger partial charge on any atom is 0.269 e. The molecule has 0 spiro atoms. The zero-order valence-corrected chi connectivity index (χ0v) is 17.2. The lowest BCUT2D eigenvalue weighted by Gasteiger charge is -2.60. The van der Waals surface area contributed by atoms with E-state index in [0.29, 0.717) is 23.8 Å². The monoisotopic (exact) mass is 384 g/mol. The molecule has 1 aromatic rings. The van der Waals surface area contributed by atoms with Gasteiger partial charge in [0.25, 0.3) is 5.91 Å². The molecule has 152 valence electrons. The highest BCUT2D eigenvalue weighted by Crippen LogP contribution is 2.62. The van der Waals surface area contributed by atoms with Gasteiger partial charge in [-0.15, -0.1) is 0 Å². The number of aliphatic hydroxyl groups is 1. The standard InChI is InChI=1S/C23H32N2O3/c1-21(2,3)18-6-4-17(5-7-18)20(27)25-24-19(26)13-22-9-15-8-16(10-22)12-23(28,11-15)14-22/h4-7,15-16,28H,8-14H2,1-3H3,(H,24,26)(H,25,27)/t15-,16+,22?,23?. The molecule has 4 aliphatic carbocycles. The fourth-order valence-electron chi connectivity index (χ4n) is 6.31. The Morgan fingerprint density at radius 3 is 2.18 bits per heavy atom. The topological polar surface area (TPSA) is 78.4 Å². The van der Waals surface area contributed by atoms with Crippen LogP contribution in [-0.4, -0.2) is 22.5 Å². The van der Waals surface area contributed by atoms with Crippen molar-refractivity contribution in [1.29, 1.82) is 0 Å². The molecular formula is C23H32N2O3. The van der Waals surface area contributed by atoms with Gasteiger partial charge in [0.05, 0.1) is 5.60 Å². The second kappa shape index (κ2) is 6.58. The highest BCUT2D eigenvalue weighted by Gasteiger charge is 2.57. The van der Waals surface area contributed by atoms with Crippen molar-refractivity contribution in [1.82, 2.24) is 10.9 Å². The molecule has 5 heteroatoms. The zero-order valence-electron chi connectivity index (χ0n) is 17.2. The van der Waals surface area contributed by atoms with Gasteiger partial charge in [-0.2, -0.15) is 0 Å². The quantitative estimate of drug-likeness (QED) is 0.698. The van der Waals surface area contributed by atoms with Gasteiger partial charge >= 0.3 is 0 Å². The fourth-order valence-corrected chi connectivity index (χ4v) is 6.31. The summed E-state index contributed by atoms with van der Waals surface area (Å²) in [7, 11) is 0. The molecule has 0 aliphatic heterocycles. The molecule has 2 amide bonds. The summed E-state index contributed by atoms with van der Waals surface area (Å²) >= 11 is 0. The number of rotatable bonds is 3. The SMILES string of the molecule is CC(C)(C)c1ccc(C(=O)NNC(=O)CC23C[C@@H]4C[C@@H](CC(O)(C4)C2)C3)cc1. The minimum Gasteiger partial charge on any atom is -0.390 e. The van der Waals surface area contributed by atoms with E-state index in [9.17, 15) is 14.7 Å². The smallest absolute Gasteiger partial charge is 0.269 e. The lowest BCUT2D eigenvalue weighted by atomic mass is 9.47. The summed E-state index contributed by atoms with van der Waals surface area (Å²) < 4.78 is 0. The molecule has 4 bridgehead atoms. The van der Waals surface area contributed by atoms with E-state index in [-0.39, 0.29) is 22.6 Å². The van der Waals surface area contributed by atoms with Gasteiger partial charge < -0.3 is 5.11 Å². The van der Waals surface area contributed by atoms with Crippen LogP contribution in [0.5, 0.6) is 0 Å². The van der Waals surface area contributed by atoms with Gasteiger partial charge in [0, 0.05) is 12.0 Å². The van der Waals surface area contributed by atoms with Crippen LogP contribution in [0.1, 0.15) is 81.6 Å². The van der Waals surface area contributed by atoms with E-state index >= 15 is 0 Å². The van der Waals surface area contributed by atoms with Gasteiger partial charge in [-0.25, -0.2) is 0 Å². The van der Waals surface area contributed by atoms with Crippen molar-refractivity contribution in [2.75, 3.05) is 0 Å². The molecule has 5 nitrogen and oxygen atoms in total. The van der Waals surface area contributed by atoms with E-state index in [1.165, 1.54) is 6.42 Å². The first-order valence-corrected chi connectivity index (χ1v) is 10.5. The number of hydrogen-bond acceptors (Lipinski definition) is 3. The lowest BCUT2D eigenvalue weighted by Crippen LogP contribution is -2.57. The normalized spacial score (nSPS) is 33.6. The number of carbonyl (C=O) groups excluding carboxylic acids is 2. The summed E-state index contributed by atoms with van der Waals surface area (Å²) in [5, 5.41) is 10.8. The van der Waals surface area contributed by atoms with Crippen LogP contribution < -0.4 is 10.9 Å². The van der Waals surface area contributed by atoms with E-state index in [0.717, 1.165) is 37.7 Å². The summed E-state index contributed by atoms with van der Waals surface area (Å²) in [4.78, 5) is 24.9. The maximum absolute atomic E-state index is 12.5. The summed E-state index contributed by atoms with van der Waals surface area (Å²) in [6.45, 7) is 6.38. The van der Waals surface area contributed by atoms with Crippen LogP contribution in [-0.2, 0) is 10.2 Å². The molecule has 5 rings (SSSR count). The molecule has 2 unspecified atom stereocenters. The lowest BCUT2D eigenvalue weighted by molar-refractivity contribution is -0.169. The average molecular weight is 385 g/mol. The van der Waals surface area contributed by atoms with Gasteiger partial charge in [-0.3, -0.25) is 20.4 Å². The van der Waals surface area contributed by atoms with Crippen LogP contribution in [0.2, 0.25) is 0 Å². The van der Waals surface area contributed by atoms with Crippen LogP contribution in [0.4, 0.5) is 0 Å². The largest absolute Gasteiger partial charge is 0.390 e. The van der Waals surface area contributed by atoms with Crippen LogP contribution in [0, 0.1) is 17.3 Å². The van der Waals surface area contributed by atoms with Crippen molar-refractivity contribution in [3.05, 3.63) is 35.4 Å². The van der Waals surface area contributed by atoms with E-state index in [4.69, 9.17) is 0 Å². The number of nitrogens with one attached hydrogen (secondary N) is 2. The van der Waals surface area contributed by atoms with E-state index < -0.39 is 5.60 Å². The number of hydrazine groups is 1. The molecule has 4 saturated carbocycles. The Kier molecular flexibility index (Phi) is 4.57. The van der Waals surface area contributed by atoms with Crippen molar-refractivity contribution in [3.63, 3.8) is 0 Å². The predicted octanol–water partition coefficient (Wildman–Crippen LogP) is 3.47. The van der Waals surface area contributed by atoms with Crippen molar-refractivity contribution >= 4 is 11.8 Å². The highest BCUT2D eigenvalue weighted by molar-refractivity contribution is 5.95. The van der Waals surface area contributed by atoms with Gasteiger partial charge in [-0.05, 0) is 78.9 Å². The third kappa shape index (κ3) is 3.82. The van der Waals surface area contributed by atoms with Gasteiger partial charge in [0.2, 0.25) is 5.91 Å². The van der Waals surface area contributed by atoms with E-state index in [1.54, 1.807) is 12.1 Å². The van der Waals surface area contributed by atoms with Crippen molar-refractivity contribution in [2.45, 2.75) is 76.7 Å². The van der Waals surface area contributed by atoms with Crippen molar-refractivity contribution in [3.8, 4) is 0 Å². The van der Waals surface area contributed by atoms with Crippen LogP contribution in [0.15, 0.2) is 24.3 Å². The molecule has 0 aromatic heterocycles. The summed E-state index contributed by atoms with van der Waals surface area (Å²) in [6.07, 6.45) is 6.16. The number of amides is 2. The Bertz CT molecular complexity index is 764. The Hall–Kier alpha value is -1.88. The molecule has 3 N–H and O–H groups in total. The number of benzene rings is 1.